The first-order valence-electron chi connectivity index (χ1n) is 27.9. The monoisotopic (exact) mass is 929 g/mol. The second kappa shape index (κ2) is 48.7. The van der Waals surface area contributed by atoms with Gasteiger partial charge in [-0.25, -0.2) is 4.57 Å². The van der Waals surface area contributed by atoms with Crippen molar-refractivity contribution in [1.29, 1.82) is 0 Å². The first-order valence-corrected chi connectivity index (χ1v) is 29.4. The van der Waals surface area contributed by atoms with E-state index in [1.54, 1.807) is 0 Å². The topological polar surface area (TPSA) is 91.3 Å². The molecule has 0 spiro atoms. The van der Waals surface area contributed by atoms with E-state index < -0.39 is 13.9 Å². The molecule has 382 valence electrons. The van der Waals surface area contributed by atoms with E-state index in [4.69, 9.17) is 18.5 Å². The number of unbranched alkanes of at least 4 members (excludes halogenated alkanes) is 37. The Morgan fingerprint density at radius 1 is 0.469 bits per heavy atom. The van der Waals surface area contributed by atoms with Crippen molar-refractivity contribution in [1.82, 2.24) is 0 Å². The molecule has 0 amide bonds. The molecule has 0 saturated carbocycles. The first kappa shape index (κ1) is 63.2. The number of hydrogen-bond donors (Lipinski definition) is 1. The molecule has 2 atom stereocenters. The fourth-order valence-corrected chi connectivity index (χ4v) is 9.00. The predicted molar refractivity (Wildman–Crippen MR) is 275 cm³/mol. The Kier molecular flexibility index (Phi) is 48.1. The van der Waals surface area contributed by atoms with Gasteiger partial charge >= 0.3 is 13.8 Å². The highest BCUT2D eigenvalue weighted by Gasteiger charge is 2.26. The summed E-state index contributed by atoms with van der Waals surface area (Å²) in [5.74, 6) is -0.315. The van der Waals surface area contributed by atoms with Crippen LogP contribution in [-0.2, 0) is 27.9 Å². The van der Waals surface area contributed by atoms with Crippen LogP contribution in [0.5, 0.6) is 0 Å². The summed E-state index contributed by atoms with van der Waals surface area (Å²) in [5, 5.41) is 0. The van der Waals surface area contributed by atoms with Gasteiger partial charge in [0.05, 0.1) is 34.4 Å². The summed E-state index contributed by atoms with van der Waals surface area (Å²) in [6, 6.07) is 0. The van der Waals surface area contributed by atoms with Gasteiger partial charge in [-0.05, 0) is 38.5 Å². The summed E-state index contributed by atoms with van der Waals surface area (Å²) >= 11 is 0. The van der Waals surface area contributed by atoms with E-state index in [1.807, 2.05) is 21.1 Å². The van der Waals surface area contributed by atoms with Crippen molar-refractivity contribution < 1.29 is 37.3 Å². The van der Waals surface area contributed by atoms with Crippen LogP contribution in [0.3, 0.4) is 0 Å². The standard InChI is InChI=1S/C55H110NO7P/c1-6-8-10-12-14-16-18-20-22-24-25-26-27-28-29-30-31-32-33-35-37-39-41-43-45-47-50-60-52-54(53-62-64(58,59)61-51-49-56(3,4)5)63-55(57)48-46-44-42-40-38-36-34-23-21-19-17-15-13-11-9-7-2/h23,34,54H,6-22,24-33,35-53H2,1-5H3/p+1/b34-23-. The normalized spacial score (nSPS) is 13.5. The molecule has 0 saturated heterocycles. The van der Waals surface area contributed by atoms with E-state index in [2.05, 4.69) is 26.0 Å². The zero-order chi connectivity index (χ0) is 46.9. The van der Waals surface area contributed by atoms with E-state index in [1.165, 1.54) is 218 Å². The van der Waals surface area contributed by atoms with E-state index in [0.717, 1.165) is 38.5 Å². The molecule has 0 aliphatic heterocycles. The smallest absolute Gasteiger partial charge is 0.457 e. The van der Waals surface area contributed by atoms with Gasteiger partial charge in [-0.15, -0.1) is 0 Å². The number of hydrogen-bond acceptors (Lipinski definition) is 6. The lowest BCUT2D eigenvalue weighted by Crippen LogP contribution is -2.37. The number of rotatable bonds is 53. The van der Waals surface area contributed by atoms with Crippen LogP contribution in [-0.4, -0.2) is 75.6 Å². The van der Waals surface area contributed by atoms with E-state index in [9.17, 15) is 14.3 Å². The van der Waals surface area contributed by atoms with Crippen molar-refractivity contribution in [3.05, 3.63) is 12.2 Å². The number of quaternary nitrogens is 1. The molecular weight excluding hydrogens is 818 g/mol. The van der Waals surface area contributed by atoms with E-state index >= 15 is 0 Å². The zero-order valence-electron chi connectivity index (χ0n) is 43.6. The number of ether oxygens (including phenoxy) is 2. The Bertz CT molecular complexity index is 1030. The molecule has 64 heavy (non-hydrogen) atoms. The molecule has 9 heteroatoms. The molecule has 0 radical (unpaired) electrons. The second-order valence-electron chi connectivity index (χ2n) is 20.3. The molecule has 0 fully saturated rings. The maximum atomic E-state index is 12.8. The lowest BCUT2D eigenvalue weighted by Gasteiger charge is -2.24. The highest BCUT2D eigenvalue weighted by molar-refractivity contribution is 7.47. The zero-order valence-corrected chi connectivity index (χ0v) is 44.4. The summed E-state index contributed by atoms with van der Waals surface area (Å²) in [6.45, 7) is 5.68. The third-order valence-electron chi connectivity index (χ3n) is 12.6. The molecule has 0 heterocycles. The van der Waals surface area contributed by atoms with E-state index in [-0.39, 0.29) is 25.8 Å². The van der Waals surface area contributed by atoms with Crippen molar-refractivity contribution >= 4 is 13.8 Å². The number of phosphoric ester groups is 1. The number of phosphoric acid groups is 1. The van der Waals surface area contributed by atoms with Crippen LogP contribution in [0.1, 0.15) is 277 Å². The van der Waals surface area contributed by atoms with E-state index in [0.29, 0.717) is 24.1 Å². The number of likely N-dealkylation sites (N-methyl/N-ethyl adjacent to an activating group) is 1. The lowest BCUT2D eigenvalue weighted by atomic mass is 10.0. The molecule has 0 aliphatic rings. The minimum atomic E-state index is -4.28. The fraction of sp³-hybridized carbons (Fsp3) is 0.945. The van der Waals surface area contributed by atoms with Crippen LogP contribution in [0, 0.1) is 0 Å². The largest absolute Gasteiger partial charge is 0.472 e. The third-order valence-corrected chi connectivity index (χ3v) is 13.6. The summed E-state index contributed by atoms with van der Waals surface area (Å²) in [6.07, 6.45) is 57.1. The molecular formula is C55H111NO7P+. The fourth-order valence-electron chi connectivity index (χ4n) is 8.26. The van der Waals surface area contributed by atoms with Gasteiger partial charge in [-0.1, -0.05) is 244 Å². The number of carbonyl (C=O) groups is 1. The molecule has 0 aromatic carbocycles. The van der Waals surface area contributed by atoms with Crippen LogP contribution < -0.4 is 0 Å². The van der Waals surface area contributed by atoms with Crippen LogP contribution in [0.2, 0.25) is 0 Å². The van der Waals surface area contributed by atoms with Gasteiger partial charge in [0.1, 0.15) is 19.3 Å². The van der Waals surface area contributed by atoms with Gasteiger partial charge in [-0.3, -0.25) is 13.8 Å². The van der Waals surface area contributed by atoms with Crippen molar-refractivity contribution in [3.8, 4) is 0 Å². The number of carbonyl (C=O) groups excluding carboxylic acids is 1. The Labute approximate surface area is 399 Å². The van der Waals surface area contributed by atoms with Crippen molar-refractivity contribution in [3.63, 3.8) is 0 Å². The van der Waals surface area contributed by atoms with Crippen LogP contribution in [0.25, 0.3) is 0 Å². The first-order chi connectivity index (χ1) is 31.1. The summed E-state index contributed by atoms with van der Waals surface area (Å²) in [5.41, 5.74) is 0. The van der Waals surface area contributed by atoms with Crippen LogP contribution in [0.4, 0.5) is 0 Å². The number of esters is 1. The average molecular weight is 929 g/mol. The Morgan fingerprint density at radius 2 is 0.812 bits per heavy atom. The second-order valence-corrected chi connectivity index (χ2v) is 21.8. The van der Waals surface area contributed by atoms with Gasteiger partial charge in [0.2, 0.25) is 0 Å². The molecule has 8 nitrogen and oxygen atoms in total. The maximum Gasteiger partial charge on any atom is 0.472 e. The third kappa shape index (κ3) is 52.2. The van der Waals surface area contributed by atoms with Crippen molar-refractivity contribution in [2.75, 3.05) is 54.1 Å². The maximum absolute atomic E-state index is 12.8. The molecule has 0 aromatic rings. The van der Waals surface area contributed by atoms with Gasteiger partial charge in [0.25, 0.3) is 0 Å². The lowest BCUT2D eigenvalue weighted by molar-refractivity contribution is -0.870. The van der Waals surface area contributed by atoms with Crippen LogP contribution >= 0.6 is 7.82 Å². The van der Waals surface area contributed by atoms with Crippen molar-refractivity contribution in [2.24, 2.45) is 0 Å². The molecule has 0 bridgehead atoms. The predicted octanol–water partition coefficient (Wildman–Crippen LogP) is 17.3. The highest BCUT2D eigenvalue weighted by atomic mass is 31.2. The highest BCUT2D eigenvalue weighted by Crippen LogP contribution is 2.43. The summed E-state index contributed by atoms with van der Waals surface area (Å²) < 4.78 is 35.2. The Hall–Kier alpha value is -0.760. The SMILES string of the molecule is CCCCCCCCC/C=C\CCCCCCCC(=O)OC(COCCCCCCCCCCCCCCCCCCCCCCCCCCCC)COP(=O)(O)OCC[N+](C)(C)C. The summed E-state index contributed by atoms with van der Waals surface area (Å²) in [7, 11) is 1.68. The van der Waals surface area contributed by atoms with Gasteiger partial charge in [-0.2, -0.15) is 0 Å². The van der Waals surface area contributed by atoms with Gasteiger partial charge in [0, 0.05) is 13.0 Å². The van der Waals surface area contributed by atoms with Gasteiger partial charge < -0.3 is 18.9 Å². The molecule has 2 unspecified atom stereocenters. The quantitative estimate of drug-likeness (QED) is 0.0214. The molecule has 1 N–H and O–H groups in total. The Morgan fingerprint density at radius 3 is 1.19 bits per heavy atom. The van der Waals surface area contributed by atoms with Crippen LogP contribution in [0.15, 0.2) is 12.2 Å². The van der Waals surface area contributed by atoms with Crippen molar-refractivity contribution in [2.45, 2.75) is 283 Å². The van der Waals surface area contributed by atoms with Gasteiger partial charge in [0.15, 0.2) is 0 Å². The molecule has 0 aliphatic carbocycles. The molecule has 0 aromatic heterocycles. The summed E-state index contributed by atoms with van der Waals surface area (Å²) in [4.78, 5) is 23.0. The number of nitrogens with zero attached hydrogens (tertiary/aromatic N) is 1. The minimum Gasteiger partial charge on any atom is -0.457 e. The minimum absolute atomic E-state index is 0.0907. The Balaban J connectivity index is 4.00. The number of allylic oxidation sites excluding steroid dienone is 2. The average Bonchev–Trinajstić information content (AvgIpc) is 3.25. The molecule has 0 rings (SSSR count).